The number of nitrogens with one attached hydrogen (secondary N) is 1. The number of alkyl halides is 3. The molecular weight excluding hydrogens is 489 g/mol. The summed E-state index contributed by atoms with van der Waals surface area (Å²) >= 11 is 0. The summed E-state index contributed by atoms with van der Waals surface area (Å²) in [5.74, 6) is 0.623. The lowest BCUT2D eigenvalue weighted by Gasteiger charge is -2.20. The average molecular weight is 512 g/mol. The quantitative estimate of drug-likeness (QED) is 0.271. The number of oxazole rings is 1. The zero-order chi connectivity index (χ0) is 26.4. The summed E-state index contributed by atoms with van der Waals surface area (Å²) in [7, 11) is 1.59. The van der Waals surface area contributed by atoms with Gasteiger partial charge >= 0.3 is 6.18 Å². The standard InChI is InChI=1S/C26H23F3N4O4/c1-3-33(36-16-17-4-11-21(35-2)12-5-17)24(34)22-13-10-20(14-30-22)32-25-31-15-23(37-25)18-6-8-19(9-7-18)26(27,28)29/h4-15H,3,16H2,1-2H3,(H,31,32). The van der Waals surface area contributed by atoms with Crippen molar-refractivity contribution in [3.63, 3.8) is 0 Å². The molecule has 0 saturated heterocycles. The fourth-order valence-electron chi connectivity index (χ4n) is 3.30. The topological polar surface area (TPSA) is 89.7 Å². The molecule has 0 aliphatic rings. The molecule has 4 rings (SSSR count). The summed E-state index contributed by atoms with van der Waals surface area (Å²) in [4.78, 5) is 26.8. The molecule has 0 aliphatic carbocycles. The van der Waals surface area contributed by atoms with E-state index in [4.69, 9.17) is 14.0 Å². The van der Waals surface area contributed by atoms with Crippen molar-refractivity contribution in [2.45, 2.75) is 19.7 Å². The van der Waals surface area contributed by atoms with Crippen LogP contribution in [0.5, 0.6) is 5.75 Å². The molecule has 0 bridgehead atoms. The fraction of sp³-hybridized carbons (Fsp3) is 0.192. The third-order valence-electron chi connectivity index (χ3n) is 5.30. The first-order valence-electron chi connectivity index (χ1n) is 11.2. The number of rotatable bonds is 9. The van der Waals surface area contributed by atoms with E-state index >= 15 is 0 Å². The number of halogens is 3. The van der Waals surface area contributed by atoms with E-state index in [0.29, 0.717) is 23.6 Å². The maximum Gasteiger partial charge on any atom is 0.416 e. The number of pyridine rings is 1. The molecule has 0 spiro atoms. The van der Waals surface area contributed by atoms with Crippen molar-refractivity contribution in [2.75, 3.05) is 19.0 Å². The molecule has 0 atom stereocenters. The Morgan fingerprint density at radius 3 is 2.32 bits per heavy atom. The van der Waals surface area contributed by atoms with E-state index in [0.717, 1.165) is 23.4 Å². The van der Waals surface area contributed by atoms with Gasteiger partial charge in [-0.1, -0.05) is 24.3 Å². The number of amides is 1. The van der Waals surface area contributed by atoms with Crippen LogP contribution in [0.15, 0.2) is 77.5 Å². The van der Waals surface area contributed by atoms with Gasteiger partial charge in [-0.05, 0) is 48.9 Å². The molecule has 0 aliphatic heterocycles. The zero-order valence-electron chi connectivity index (χ0n) is 20.0. The van der Waals surface area contributed by atoms with Crippen LogP contribution in [0.3, 0.4) is 0 Å². The summed E-state index contributed by atoms with van der Waals surface area (Å²) < 4.78 is 49.0. The third kappa shape index (κ3) is 6.44. The maximum atomic E-state index is 12.8. The normalized spacial score (nSPS) is 11.3. The SMILES string of the molecule is CCN(OCc1ccc(OC)cc1)C(=O)c1ccc(Nc2ncc(-c3ccc(C(F)(F)F)cc3)o2)cn1. The summed E-state index contributed by atoms with van der Waals surface area (Å²) in [6, 6.07) is 15.2. The molecule has 2 aromatic carbocycles. The van der Waals surface area contributed by atoms with Gasteiger partial charge < -0.3 is 14.5 Å². The molecule has 0 unspecified atom stereocenters. The van der Waals surface area contributed by atoms with E-state index in [2.05, 4.69) is 15.3 Å². The van der Waals surface area contributed by atoms with Gasteiger partial charge in [-0.25, -0.2) is 15.0 Å². The second-order valence-electron chi connectivity index (χ2n) is 7.78. The second-order valence-corrected chi connectivity index (χ2v) is 7.78. The predicted molar refractivity (Wildman–Crippen MR) is 129 cm³/mol. The number of carbonyl (C=O) groups excluding carboxylic acids is 1. The third-order valence-corrected chi connectivity index (χ3v) is 5.30. The Bertz CT molecular complexity index is 1320. The molecule has 0 radical (unpaired) electrons. The summed E-state index contributed by atoms with van der Waals surface area (Å²) in [6.45, 7) is 2.31. The van der Waals surface area contributed by atoms with Crippen molar-refractivity contribution in [3.05, 3.63) is 89.9 Å². The Hall–Kier alpha value is -4.38. The molecule has 1 N–H and O–H groups in total. The van der Waals surface area contributed by atoms with Crippen LogP contribution in [0.1, 0.15) is 28.5 Å². The van der Waals surface area contributed by atoms with Gasteiger partial charge in [-0.15, -0.1) is 0 Å². The maximum absolute atomic E-state index is 12.8. The van der Waals surface area contributed by atoms with E-state index in [1.807, 2.05) is 24.3 Å². The number of methoxy groups -OCH3 is 1. The predicted octanol–water partition coefficient (Wildman–Crippen LogP) is 6.10. The highest BCUT2D eigenvalue weighted by atomic mass is 19.4. The number of ether oxygens (including phenoxy) is 1. The summed E-state index contributed by atoms with van der Waals surface area (Å²) in [6.07, 6.45) is -1.58. The van der Waals surface area contributed by atoms with Crippen molar-refractivity contribution in [2.24, 2.45) is 0 Å². The number of hydrogen-bond acceptors (Lipinski definition) is 7. The van der Waals surface area contributed by atoms with Crippen LogP contribution in [0.4, 0.5) is 24.9 Å². The van der Waals surface area contributed by atoms with Crippen molar-refractivity contribution in [3.8, 4) is 17.1 Å². The highest BCUT2D eigenvalue weighted by molar-refractivity contribution is 5.91. The van der Waals surface area contributed by atoms with Crippen LogP contribution in [-0.2, 0) is 17.6 Å². The van der Waals surface area contributed by atoms with E-state index in [-0.39, 0.29) is 18.3 Å². The van der Waals surface area contributed by atoms with Crippen LogP contribution in [0.2, 0.25) is 0 Å². The second kappa shape index (κ2) is 11.1. The number of hydrogen-bond donors (Lipinski definition) is 1. The molecular formula is C26H23F3N4O4. The van der Waals surface area contributed by atoms with E-state index in [9.17, 15) is 18.0 Å². The number of carbonyl (C=O) groups is 1. The van der Waals surface area contributed by atoms with Gasteiger partial charge in [0.2, 0.25) is 0 Å². The Balaban J connectivity index is 1.36. The van der Waals surface area contributed by atoms with Gasteiger partial charge in [0.15, 0.2) is 5.76 Å². The molecule has 1 amide bonds. The Morgan fingerprint density at radius 1 is 1.00 bits per heavy atom. The van der Waals surface area contributed by atoms with Gasteiger partial charge in [0.05, 0.1) is 30.8 Å². The van der Waals surface area contributed by atoms with Crippen LogP contribution >= 0.6 is 0 Å². The largest absolute Gasteiger partial charge is 0.497 e. The van der Waals surface area contributed by atoms with Crippen LogP contribution in [0, 0.1) is 0 Å². The molecule has 11 heteroatoms. The minimum atomic E-state index is -4.41. The van der Waals surface area contributed by atoms with Gasteiger partial charge in [-0.2, -0.15) is 13.2 Å². The average Bonchev–Trinajstić information content (AvgIpc) is 3.37. The van der Waals surface area contributed by atoms with E-state index in [1.165, 1.54) is 35.7 Å². The van der Waals surface area contributed by atoms with Crippen LogP contribution < -0.4 is 10.1 Å². The minimum absolute atomic E-state index is 0.119. The number of nitrogens with zero attached hydrogens (tertiary/aromatic N) is 3. The van der Waals surface area contributed by atoms with Crippen LogP contribution in [0.25, 0.3) is 11.3 Å². The summed E-state index contributed by atoms with van der Waals surface area (Å²) in [5.41, 5.74) is 1.25. The smallest absolute Gasteiger partial charge is 0.416 e. The molecule has 8 nitrogen and oxygen atoms in total. The lowest BCUT2D eigenvalue weighted by molar-refractivity contribution is -0.137. The molecule has 2 aromatic heterocycles. The molecule has 2 heterocycles. The molecule has 0 saturated carbocycles. The fourth-order valence-corrected chi connectivity index (χ4v) is 3.30. The van der Waals surface area contributed by atoms with Crippen molar-refractivity contribution in [1.82, 2.24) is 15.0 Å². The van der Waals surface area contributed by atoms with Gasteiger partial charge in [0.1, 0.15) is 18.1 Å². The first-order chi connectivity index (χ1) is 17.8. The first kappa shape index (κ1) is 25.7. The first-order valence-corrected chi connectivity index (χ1v) is 11.2. The number of benzene rings is 2. The number of hydroxylamine groups is 2. The minimum Gasteiger partial charge on any atom is -0.497 e. The van der Waals surface area contributed by atoms with Gasteiger partial charge in [0, 0.05) is 12.1 Å². The highest BCUT2D eigenvalue weighted by Gasteiger charge is 2.30. The lowest BCUT2D eigenvalue weighted by Crippen LogP contribution is -2.31. The number of anilines is 2. The summed E-state index contributed by atoms with van der Waals surface area (Å²) in [5, 5.41) is 4.13. The van der Waals surface area contributed by atoms with Crippen molar-refractivity contribution >= 4 is 17.6 Å². The Morgan fingerprint density at radius 2 is 1.73 bits per heavy atom. The monoisotopic (exact) mass is 512 g/mol. The van der Waals surface area contributed by atoms with E-state index in [1.54, 1.807) is 20.1 Å². The Kier molecular flexibility index (Phi) is 7.73. The Labute approximate surface area is 210 Å². The molecule has 37 heavy (non-hydrogen) atoms. The molecule has 4 aromatic rings. The molecule has 0 fully saturated rings. The highest BCUT2D eigenvalue weighted by Crippen LogP contribution is 2.31. The lowest BCUT2D eigenvalue weighted by atomic mass is 10.1. The van der Waals surface area contributed by atoms with E-state index < -0.39 is 17.6 Å². The van der Waals surface area contributed by atoms with Gasteiger partial charge in [-0.3, -0.25) is 9.63 Å². The van der Waals surface area contributed by atoms with Crippen LogP contribution in [-0.4, -0.2) is 34.6 Å². The van der Waals surface area contributed by atoms with Crippen molar-refractivity contribution < 1.29 is 32.0 Å². The van der Waals surface area contributed by atoms with Gasteiger partial charge in [0.25, 0.3) is 11.9 Å². The van der Waals surface area contributed by atoms with Crippen molar-refractivity contribution in [1.29, 1.82) is 0 Å². The molecule has 192 valence electrons. The zero-order valence-corrected chi connectivity index (χ0v) is 20.0. The number of aromatic nitrogens is 2.